The first-order valence-electron chi connectivity index (χ1n) is 1.12. The van der Waals surface area contributed by atoms with Gasteiger partial charge in [-0.3, -0.25) is 0 Å². The van der Waals surface area contributed by atoms with Crippen LogP contribution < -0.4 is 0 Å². The molecule has 32 valence electrons. The van der Waals surface area contributed by atoms with E-state index in [1.54, 1.807) is 0 Å². The standard InChI is InChI=1S/C2H5.In.2H2O/c1-2;;;/h1H2,2H3;;2*1H2. The Labute approximate surface area is 46.8 Å². The van der Waals surface area contributed by atoms with Crippen molar-refractivity contribution in [3.63, 3.8) is 0 Å². The third-order valence-corrected chi connectivity index (χ3v) is 0. The average Bonchev–Trinajstić information content (AvgIpc) is 0.918. The van der Waals surface area contributed by atoms with Gasteiger partial charge in [-0.15, -0.1) is 0 Å². The van der Waals surface area contributed by atoms with Gasteiger partial charge in [0.15, 0.2) is 0 Å². The maximum atomic E-state index is 2.18. The van der Waals surface area contributed by atoms with E-state index in [4.69, 9.17) is 0 Å². The van der Waals surface area contributed by atoms with E-state index in [0.29, 0.717) is 0 Å². The minimum absolute atomic E-state index is 0. The maximum Gasteiger partial charge on any atom is -0.412 e. The summed E-state index contributed by atoms with van der Waals surface area (Å²) in [4.78, 5) is 0. The van der Waals surface area contributed by atoms with Crippen molar-refractivity contribution >= 4 is 24.4 Å². The summed E-state index contributed by atoms with van der Waals surface area (Å²) in [7, 11) is 0. The van der Waals surface area contributed by atoms with Crippen LogP contribution in [0, 0.1) is 0 Å². The van der Waals surface area contributed by atoms with Crippen LogP contribution in [0.5, 0.6) is 0 Å². The summed E-state index contributed by atoms with van der Waals surface area (Å²) in [5.74, 6) is 0. The first kappa shape index (κ1) is 17.1. The zero-order valence-corrected chi connectivity index (χ0v) is 6.58. The molecule has 5 heavy (non-hydrogen) atoms. The molecule has 3 heteroatoms. The van der Waals surface area contributed by atoms with Crippen molar-refractivity contribution in [1.29, 1.82) is 0 Å². The SMILES string of the molecule is C[CH2][In].O.O. The van der Waals surface area contributed by atoms with Crippen LogP contribution in [0.3, 0.4) is 0 Å². The van der Waals surface area contributed by atoms with Crippen molar-refractivity contribution in [1.82, 2.24) is 0 Å². The first-order chi connectivity index (χ1) is 1.41. The molecule has 0 amide bonds. The average molecular weight is 180 g/mol. The Morgan fingerprint density at radius 3 is 1.40 bits per heavy atom. The van der Waals surface area contributed by atoms with Crippen molar-refractivity contribution in [2.45, 2.75) is 11.1 Å². The quantitative estimate of drug-likeness (QED) is 0.456. The maximum absolute atomic E-state index is 2.18. The number of rotatable bonds is 0. The van der Waals surface area contributed by atoms with Gasteiger partial charge in [0.05, 0.1) is 0 Å². The van der Waals surface area contributed by atoms with E-state index in [2.05, 4.69) is 6.92 Å². The normalized spacial score (nSPS) is 3.40. The van der Waals surface area contributed by atoms with E-state index in [-0.39, 0.29) is 11.0 Å². The molecule has 2 nitrogen and oxygen atoms in total. The summed E-state index contributed by atoms with van der Waals surface area (Å²) in [6.07, 6.45) is 0. The van der Waals surface area contributed by atoms with Gasteiger partial charge in [0, 0.05) is 0 Å². The zero-order valence-electron chi connectivity index (χ0n) is 3.28. The van der Waals surface area contributed by atoms with Gasteiger partial charge in [0.1, 0.15) is 0 Å². The van der Waals surface area contributed by atoms with Gasteiger partial charge in [-0.25, -0.2) is 0 Å². The molecule has 2 radical (unpaired) electrons. The fraction of sp³-hybridized carbons (Fsp3) is 1.00. The van der Waals surface area contributed by atoms with Gasteiger partial charge >= 0.3 is 35.5 Å². The van der Waals surface area contributed by atoms with Gasteiger partial charge in [-0.05, 0) is 0 Å². The molecule has 0 saturated heterocycles. The smallest absolute Gasteiger partial charge is 0.412 e. The van der Waals surface area contributed by atoms with Crippen LogP contribution in [0.2, 0.25) is 4.18 Å². The van der Waals surface area contributed by atoms with Gasteiger partial charge in [-0.1, -0.05) is 0 Å². The van der Waals surface area contributed by atoms with Gasteiger partial charge in [-0.2, -0.15) is 0 Å². The zero-order chi connectivity index (χ0) is 2.71. The van der Waals surface area contributed by atoms with Gasteiger partial charge < -0.3 is 11.0 Å². The predicted molar refractivity (Wildman–Crippen MR) is 23.5 cm³/mol. The van der Waals surface area contributed by atoms with Gasteiger partial charge in [0.2, 0.25) is 0 Å². The summed E-state index contributed by atoms with van der Waals surface area (Å²) in [5, 5.41) is 0. The Kier molecular flexibility index (Phi) is 73.3. The summed E-state index contributed by atoms with van der Waals surface area (Å²) in [6, 6.07) is 0. The predicted octanol–water partition coefficient (Wildman–Crippen LogP) is -1.06. The molecule has 0 heterocycles. The fourth-order valence-corrected chi connectivity index (χ4v) is 0. The topological polar surface area (TPSA) is 63.0 Å². The molecular formula is C2H9InO2. The van der Waals surface area contributed by atoms with E-state index in [0.717, 1.165) is 0 Å². The third kappa shape index (κ3) is 59.7. The molecule has 0 aliphatic rings. The Balaban J connectivity index is -0.0000000200. The van der Waals surface area contributed by atoms with E-state index < -0.39 is 0 Å². The summed E-state index contributed by atoms with van der Waals surface area (Å²) >= 11 is 1.42. The number of hydrogen-bond acceptors (Lipinski definition) is 0. The van der Waals surface area contributed by atoms with Crippen LogP contribution in [0.4, 0.5) is 0 Å². The minimum atomic E-state index is 0. The molecular weight excluding hydrogens is 171 g/mol. The Bertz CT molecular complexity index is 7.61. The van der Waals surface area contributed by atoms with Gasteiger partial charge in [0.25, 0.3) is 0 Å². The van der Waals surface area contributed by atoms with E-state index in [9.17, 15) is 0 Å². The van der Waals surface area contributed by atoms with Crippen molar-refractivity contribution in [2.75, 3.05) is 0 Å². The molecule has 4 N–H and O–H groups in total. The van der Waals surface area contributed by atoms with Crippen molar-refractivity contribution in [3.8, 4) is 0 Å². The van der Waals surface area contributed by atoms with Crippen molar-refractivity contribution in [3.05, 3.63) is 0 Å². The van der Waals surface area contributed by atoms with E-state index >= 15 is 0 Å². The van der Waals surface area contributed by atoms with Crippen LogP contribution in [-0.2, 0) is 0 Å². The van der Waals surface area contributed by atoms with Crippen LogP contribution in [0.1, 0.15) is 6.92 Å². The molecule has 0 unspecified atom stereocenters. The Hall–Kier alpha value is 0.790. The van der Waals surface area contributed by atoms with Crippen LogP contribution in [-0.4, -0.2) is 35.3 Å². The monoisotopic (exact) mass is 180 g/mol. The minimum Gasteiger partial charge on any atom is -0.412 e. The molecule has 0 atom stereocenters. The summed E-state index contributed by atoms with van der Waals surface area (Å²) < 4.78 is 1.38. The molecule has 0 aliphatic heterocycles. The fourth-order valence-electron chi connectivity index (χ4n) is 0. The molecule has 0 saturated carbocycles. The molecule has 0 fully saturated rings. The van der Waals surface area contributed by atoms with Crippen LogP contribution in [0.15, 0.2) is 0 Å². The summed E-state index contributed by atoms with van der Waals surface area (Å²) in [6.45, 7) is 2.18. The van der Waals surface area contributed by atoms with E-state index in [1.807, 2.05) is 0 Å². The molecule has 0 aromatic carbocycles. The molecule has 0 aromatic heterocycles. The largest absolute Gasteiger partial charge is 0.412 e. The second-order valence-electron chi connectivity index (χ2n) is 0.408. The van der Waals surface area contributed by atoms with Crippen molar-refractivity contribution < 1.29 is 11.0 Å². The first-order valence-corrected chi connectivity index (χ1v) is 3.45. The van der Waals surface area contributed by atoms with Crippen LogP contribution >= 0.6 is 0 Å². The van der Waals surface area contributed by atoms with E-state index in [1.165, 1.54) is 28.6 Å². The molecule has 0 spiro atoms. The third-order valence-electron chi connectivity index (χ3n) is 0. The molecule has 0 aromatic rings. The Morgan fingerprint density at radius 1 is 1.40 bits per heavy atom. The molecule has 0 aliphatic carbocycles. The Morgan fingerprint density at radius 2 is 1.40 bits per heavy atom. The second-order valence-corrected chi connectivity index (χ2v) is 2.74. The summed E-state index contributed by atoms with van der Waals surface area (Å²) in [5.41, 5.74) is 0. The van der Waals surface area contributed by atoms with Crippen molar-refractivity contribution in [2.24, 2.45) is 0 Å². The second kappa shape index (κ2) is 21.5. The molecule has 0 bridgehead atoms. The molecule has 0 rings (SSSR count). The van der Waals surface area contributed by atoms with Crippen LogP contribution in [0.25, 0.3) is 0 Å². The number of hydrogen-bond donors (Lipinski definition) is 0.